The van der Waals surface area contributed by atoms with Gasteiger partial charge < -0.3 is 19.3 Å². The molecule has 0 aliphatic heterocycles. The Morgan fingerprint density at radius 1 is 1.04 bits per heavy atom. The highest BCUT2D eigenvalue weighted by molar-refractivity contribution is 7.52. The number of alkyl halides is 2. The van der Waals surface area contributed by atoms with Crippen molar-refractivity contribution in [1.29, 1.82) is 0 Å². The summed E-state index contributed by atoms with van der Waals surface area (Å²) in [7, 11) is -4.68. The fourth-order valence-corrected chi connectivity index (χ4v) is 2.83. The number of carbonyl (C=O) groups is 2. The Balaban J connectivity index is 2.24. The number of carbonyl (C=O) groups excluding carboxylic acids is 2. The van der Waals surface area contributed by atoms with Crippen LogP contribution >= 0.6 is 7.60 Å². The molecule has 1 atom stereocenters. The van der Waals surface area contributed by atoms with E-state index >= 15 is 0 Å². The lowest BCUT2D eigenvalue weighted by molar-refractivity contribution is -0.156. The zero-order valence-electron chi connectivity index (χ0n) is 14.6. The zero-order valence-corrected chi connectivity index (χ0v) is 15.5. The van der Waals surface area contributed by atoms with Gasteiger partial charge in [0.2, 0.25) is 0 Å². The highest BCUT2D eigenvalue weighted by atomic mass is 31.2. The summed E-state index contributed by atoms with van der Waals surface area (Å²) in [5.41, 5.74) is -4.70. The summed E-state index contributed by atoms with van der Waals surface area (Å²) in [4.78, 5) is 41.9. The van der Waals surface area contributed by atoms with E-state index < -0.39 is 36.7 Å². The summed E-state index contributed by atoms with van der Waals surface area (Å²) in [5, 5.41) is 0. The minimum atomic E-state index is -5.73. The number of rotatable bonds is 7. The lowest BCUT2D eigenvalue weighted by Crippen LogP contribution is -2.25. The second-order valence-corrected chi connectivity index (χ2v) is 7.41. The molecule has 2 N–H and O–H groups in total. The van der Waals surface area contributed by atoms with Gasteiger partial charge in [0.25, 0.3) is 0 Å². The molecule has 7 nitrogen and oxygen atoms in total. The van der Waals surface area contributed by atoms with Crippen molar-refractivity contribution in [3.63, 3.8) is 0 Å². The molecule has 0 saturated carbocycles. The van der Waals surface area contributed by atoms with E-state index in [0.717, 1.165) is 31.4 Å². The van der Waals surface area contributed by atoms with Crippen molar-refractivity contribution in [2.75, 3.05) is 7.11 Å². The van der Waals surface area contributed by atoms with E-state index in [9.17, 15) is 22.9 Å². The van der Waals surface area contributed by atoms with Crippen LogP contribution in [0, 0.1) is 0 Å². The summed E-state index contributed by atoms with van der Waals surface area (Å²) in [6.07, 6.45) is 0. The standard InChI is InChI=1S/C18H17F2O7P/c1-26-16(21)15(17(22)27-11-12-5-3-2-4-6-12)13-7-9-14(10-8-13)18(19,20)28(23,24)25/h2-10,15H,11H2,1H3,(H2,23,24,25). The van der Waals surface area contributed by atoms with Crippen LogP contribution in [0.1, 0.15) is 22.6 Å². The lowest BCUT2D eigenvalue weighted by atomic mass is 9.98. The fraction of sp³-hybridized carbons (Fsp3) is 0.222. The molecule has 2 rings (SSSR count). The van der Waals surface area contributed by atoms with Crippen LogP contribution in [-0.2, 0) is 35.9 Å². The van der Waals surface area contributed by atoms with Crippen molar-refractivity contribution in [1.82, 2.24) is 0 Å². The van der Waals surface area contributed by atoms with Crippen LogP contribution in [0.15, 0.2) is 54.6 Å². The van der Waals surface area contributed by atoms with Crippen LogP contribution in [-0.4, -0.2) is 28.8 Å². The molecule has 0 spiro atoms. The van der Waals surface area contributed by atoms with Crippen LogP contribution in [0.25, 0.3) is 0 Å². The number of hydrogen-bond donors (Lipinski definition) is 2. The average molecular weight is 414 g/mol. The van der Waals surface area contributed by atoms with E-state index in [2.05, 4.69) is 4.74 Å². The minimum Gasteiger partial charge on any atom is -0.468 e. The van der Waals surface area contributed by atoms with Crippen LogP contribution in [0.3, 0.4) is 0 Å². The van der Waals surface area contributed by atoms with Gasteiger partial charge in [-0.05, 0) is 11.1 Å². The Labute approximate surface area is 159 Å². The summed E-state index contributed by atoms with van der Waals surface area (Å²) in [5.74, 6) is -3.45. The third-order valence-corrected chi connectivity index (χ3v) is 4.84. The number of hydrogen-bond acceptors (Lipinski definition) is 5. The molecule has 0 fully saturated rings. The van der Waals surface area contributed by atoms with Gasteiger partial charge in [-0.15, -0.1) is 0 Å². The van der Waals surface area contributed by atoms with E-state index in [4.69, 9.17) is 14.5 Å². The molecule has 0 radical (unpaired) electrons. The quantitative estimate of drug-likeness (QED) is 0.407. The largest absolute Gasteiger partial charge is 0.468 e. The maximum Gasteiger partial charge on any atom is 0.399 e. The molecule has 0 aromatic heterocycles. The van der Waals surface area contributed by atoms with Crippen LogP contribution < -0.4 is 0 Å². The maximum atomic E-state index is 13.7. The van der Waals surface area contributed by atoms with Gasteiger partial charge in [0, 0.05) is 5.56 Å². The van der Waals surface area contributed by atoms with Crippen molar-refractivity contribution in [3.8, 4) is 0 Å². The van der Waals surface area contributed by atoms with E-state index in [1.54, 1.807) is 30.3 Å². The first kappa shape index (κ1) is 21.7. The summed E-state index contributed by atoms with van der Waals surface area (Å²) < 4.78 is 48.1. The predicted molar refractivity (Wildman–Crippen MR) is 93.4 cm³/mol. The molecule has 2 aromatic rings. The van der Waals surface area contributed by atoms with Gasteiger partial charge in [0.05, 0.1) is 7.11 Å². The molecule has 1 unspecified atom stereocenters. The zero-order chi connectivity index (χ0) is 20.9. The molecule has 10 heteroatoms. The Morgan fingerprint density at radius 2 is 1.61 bits per heavy atom. The van der Waals surface area contributed by atoms with Gasteiger partial charge in [0.1, 0.15) is 6.61 Å². The number of benzene rings is 2. The van der Waals surface area contributed by atoms with E-state index in [1.165, 1.54) is 0 Å². The van der Waals surface area contributed by atoms with Gasteiger partial charge in [-0.3, -0.25) is 14.2 Å². The number of halogens is 2. The summed E-state index contributed by atoms with van der Waals surface area (Å²) in [6.45, 7) is -0.110. The van der Waals surface area contributed by atoms with Crippen LogP contribution in [0.2, 0.25) is 0 Å². The van der Waals surface area contributed by atoms with Crippen molar-refractivity contribution >= 4 is 19.5 Å². The Hall–Kier alpha value is -2.61. The molecule has 2 aromatic carbocycles. The van der Waals surface area contributed by atoms with Crippen LogP contribution in [0.4, 0.5) is 8.78 Å². The van der Waals surface area contributed by atoms with Gasteiger partial charge in [-0.25, -0.2) is 0 Å². The predicted octanol–water partition coefficient (Wildman–Crippen LogP) is 2.91. The second-order valence-electron chi connectivity index (χ2n) is 5.76. The normalized spacial score (nSPS) is 12.9. The molecular formula is C18H17F2O7P. The Morgan fingerprint density at radius 3 is 2.11 bits per heavy atom. The minimum absolute atomic E-state index is 0.0184. The van der Waals surface area contributed by atoms with Crippen LogP contribution in [0.5, 0.6) is 0 Å². The summed E-state index contributed by atoms with van der Waals surface area (Å²) >= 11 is 0. The van der Waals surface area contributed by atoms with Gasteiger partial charge in [-0.2, -0.15) is 8.78 Å². The molecule has 28 heavy (non-hydrogen) atoms. The van der Waals surface area contributed by atoms with Crippen molar-refractivity contribution in [3.05, 3.63) is 71.3 Å². The highest BCUT2D eigenvalue weighted by Crippen LogP contribution is 2.59. The van der Waals surface area contributed by atoms with Gasteiger partial charge >= 0.3 is 25.2 Å². The third kappa shape index (κ3) is 4.81. The SMILES string of the molecule is COC(=O)C(C(=O)OCc1ccccc1)c1ccc(C(F)(F)P(=O)(O)O)cc1. The first-order valence-corrected chi connectivity index (χ1v) is 9.51. The monoisotopic (exact) mass is 414 g/mol. The Bertz CT molecular complexity index is 879. The smallest absolute Gasteiger partial charge is 0.399 e. The molecule has 0 amide bonds. The lowest BCUT2D eigenvalue weighted by Gasteiger charge is -2.19. The molecule has 0 heterocycles. The molecule has 150 valence electrons. The number of esters is 2. The third-order valence-electron chi connectivity index (χ3n) is 3.85. The van der Waals surface area contributed by atoms with Crippen molar-refractivity contribution < 1.29 is 42.2 Å². The molecule has 0 bridgehead atoms. The van der Waals surface area contributed by atoms with E-state index in [-0.39, 0.29) is 12.2 Å². The van der Waals surface area contributed by atoms with Crippen molar-refractivity contribution in [2.24, 2.45) is 0 Å². The maximum absolute atomic E-state index is 13.7. The van der Waals surface area contributed by atoms with Crippen molar-refractivity contribution in [2.45, 2.75) is 18.2 Å². The molecular weight excluding hydrogens is 397 g/mol. The molecule has 0 saturated heterocycles. The average Bonchev–Trinajstić information content (AvgIpc) is 2.66. The molecule has 0 aliphatic carbocycles. The van der Waals surface area contributed by atoms with E-state index in [1.807, 2.05) is 0 Å². The first-order valence-electron chi connectivity index (χ1n) is 7.90. The topological polar surface area (TPSA) is 110 Å². The highest BCUT2D eigenvalue weighted by Gasteiger charge is 2.50. The second kappa shape index (κ2) is 8.60. The summed E-state index contributed by atoms with van der Waals surface area (Å²) in [6, 6.07) is 12.1. The van der Waals surface area contributed by atoms with E-state index in [0.29, 0.717) is 5.56 Å². The number of ether oxygens (including phenoxy) is 2. The number of methoxy groups -OCH3 is 1. The molecule has 0 aliphatic rings. The van der Waals surface area contributed by atoms with Gasteiger partial charge in [-0.1, -0.05) is 54.6 Å². The Kier molecular flexibility index (Phi) is 6.66. The first-order chi connectivity index (χ1) is 13.1. The van der Waals surface area contributed by atoms with Gasteiger partial charge in [0.15, 0.2) is 5.92 Å². The fourth-order valence-electron chi connectivity index (χ4n) is 2.34.